The van der Waals surface area contributed by atoms with Gasteiger partial charge in [0.25, 0.3) is 5.91 Å². The minimum absolute atomic E-state index is 0.0402. The Bertz CT molecular complexity index is 437. The lowest BCUT2D eigenvalue weighted by Crippen LogP contribution is -2.40. The van der Waals surface area contributed by atoms with Crippen LogP contribution in [0.25, 0.3) is 0 Å². The Hall–Kier alpha value is -1.62. The van der Waals surface area contributed by atoms with Crippen LogP contribution in [0, 0.1) is 0 Å². The number of amides is 1. The van der Waals surface area contributed by atoms with E-state index in [0.717, 1.165) is 25.2 Å². The number of pyridine rings is 1. The van der Waals surface area contributed by atoms with E-state index in [1.54, 1.807) is 13.2 Å². The first-order chi connectivity index (χ1) is 10.1. The van der Waals surface area contributed by atoms with Gasteiger partial charge in [-0.2, -0.15) is 0 Å². The fourth-order valence-corrected chi connectivity index (χ4v) is 1.98. The maximum absolute atomic E-state index is 12.7. The molecule has 0 bridgehead atoms. The minimum atomic E-state index is -0.0402. The van der Waals surface area contributed by atoms with Crippen LogP contribution < -0.4 is 5.32 Å². The summed E-state index contributed by atoms with van der Waals surface area (Å²) < 4.78 is 5.10. The molecule has 1 unspecified atom stereocenters. The summed E-state index contributed by atoms with van der Waals surface area (Å²) in [5, 5.41) is 3.21. The topological polar surface area (TPSA) is 54.5 Å². The second-order valence-electron chi connectivity index (χ2n) is 5.08. The molecule has 0 fully saturated rings. The average molecular weight is 293 g/mol. The highest BCUT2D eigenvalue weighted by Crippen LogP contribution is 2.12. The zero-order valence-electron chi connectivity index (χ0n) is 13.6. The number of carbonyl (C=O) groups excluding carboxylic acids is 1. The number of ether oxygens (including phenoxy) is 1. The van der Waals surface area contributed by atoms with Crippen molar-refractivity contribution in [3.05, 3.63) is 23.9 Å². The summed E-state index contributed by atoms with van der Waals surface area (Å²) in [7, 11) is 1.65. The molecule has 1 rings (SSSR count). The zero-order chi connectivity index (χ0) is 15.7. The van der Waals surface area contributed by atoms with Gasteiger partial charge in [-0.3, -0.25) is 4.79 Å². The van der Waals surface area contributed by atoms with Gasteiger partial charge in [-0.15, -0.1) is 0 Å². The Labute approximate surface area is 127 Å². The highest BCUT2D eigenvalue weighted by atomic mass is 16.5. The van der Waals surface area contributed by atoms with Crippen LogP contribution in [0.3, 0.4) is 0 Å². The van der Waals surface area contributed by atoms with Crippen molar-refractivity contribution < 1.29 is 9.53 Å². The largest absolute Gasteiger partial charge is 0.383 e. The first-order valence-corrected chi connectivity index (χ1v) is 7.64. The van der Waals surface area contributed by atoms with Crippen LogP contribution in [-0.4, -0.2) is 48.6 Å². The van der Waals surface area contributed by atoms with Crippen LogP contribution in [0.15, 0.2) is 18.2 Å². The Morgan fingerprint density at radius 3 is 2.81 bits per heavy atom. The first-order valence-electron chi connectivity index (χ1n) is 7.64. The number of rotatable bonds is 9. The van der Waals surface area contributed by atoms with Crippen molar-refractivity contribution in [1.82, 2.24) is 9.88 Å². The smallest absolute Gasteiger partial charge is 0.272 e. The van der Waals surface area contributed by atoms with Gasteiger partial charge in [-0.25, -0.2) is 4.98 Å². The molecule has 0 radical (unpaired) electrons. The monoisotopic (exact) mass is 293 g/mol. The molecule has 0 aliphatic carbocycles. The molecule has 0 spiro atoms. The van der Waals surface area contributed by atoms with E-state index in [2.05, 4.69) is 24.1 Å². The molecule has 1 amide bonds. The Balaban J connectivity index is 2.86. The minimum Gasteiger partial charge on any atom is -0.383 e. The van der Waals surface area contributed by atoms with E-state index in [4.69, 9.17) is 4.74 Å². The van der Waals surface area contributed by atoms with E-state index in [-0.39, 0.29) is 11.9 Å². The Kier molecular flexibility index (Phi) is 7.75. The molecule has 21 heavy (non-hydrogen) atoms. The third-order valence-electron chi connectivity index (χ3n) is 3.44. The predicted octanol–water partition coefficient (Wildman–Crippen LogP) is 2.79. The molecule has 1 N–H and O–H groups in total. The van der Waals surface area contributed by atoms with E-state index in [1.165, 1.54) is 0 Å². The number of aromatic nitrogens is 1. The first kappa shape index (κ1) is 17.4. The van der Waals surface area contributed by atoms with Gasteiger partial charge in [0.05, 0.1) is 6.61 Å². The second kappa shape index (κ2) is 9.34. The number of anilines is 1. The zero-order valence-corrected chi connectivity index (χ0v) is 13.6. The number of hydrogen-bond acceptors (Lipinski definition) is 4. The van der Waals surface area contributed by atoms with E-state index in [9.17, 15) is 4.79 Å². The van der Waals surface area contributed by atoms with Crippen molar-refractivity contribution in [2.45, 2.75) is 39.7 Å². The van der Waals surface area contributed by atoms with Crippen molar-refractivity contribution >= 4 is 11.7 Å². The third-order valence-corrected chi connectivity index (χ3v) is 3.44. The Morgan fingerprint density at radius 1 is 1.43 bits per heavy atom. The van der Waals surface area contributed by atoms with Gasteiger partial charge in [0.1, 0.15) is 11.5 Å². The average Bonchev–Trinajstić information content (AvgIpc) is 2.52. The van der Waals surface area contributed by atoms with E-state index >= 15 is 0 Å². The molecule has 1 atom stereocenters. The molecule has 0 aliphatic rings. The van der Waals surface area contributed by atoms with Gasteiger partial charge < -0.3 is 15.0 Å². The van der Waals surface area contributed by atoms with Gasteiger partial charge in [-0.1, -0.05) is 19.9 Å². The lowest BCUT2D eigenvalue weighted by atomic mass is 10.2. The fraction of sp³-hybridized carbons (Fsp3) is 0.625. The summed E-state index contributed by atoms with van der Waals surface area (Å²) in [6.07, 6.45) is 1.93. The second-order valence-corrected chi connectivity index (χ2v) is 5.08. The van der Waals surface area contributed by atoms with Crippen molar-refractivity contribution in [3.63, 3.8) is 0 Å². The van der Waals surface area contributed by atoms with E-state index < -0.39 is 0 Å². The summed E-state index contributed by atoms with van der Waals surface area (Å²) in [6.45, 7) is 8.18. The summed E-state index contributed by atoms with van der Waals surface area (Å²) in [5.41, 5.74) is 0.479. The van der Waals surface area contributed by atoms with Gasteiger partial charge >= 0.3 is 0 Å². The van der Waals surface area contributed by atoms with Crippen LogP contribution >= 0.6 is 0 Å². The van der Waals surface area contributed by atoms with Crippen LogP contribution in [0.4, 0.5) is 5.82 Å². The number of methoxy groups -OCH3 is 1. The fourth-order valence-electron chi connectivity index (χ4n) is 1.98. The number of carbonyl (C=O) groups is 1. The molecule has 0 saturated carbocycles. The number of hydrogen-bond donors (Lipinski definition) is 1. The van der Waals surface area contributed by atoms with Gasteiger partial charge in [0.2, 0.25) is 0 Å². The van der Waals surface area contributed by atoms with Crippen molar-refractivity contribution in [3.8, 4) is 0 Å². The van der Waals surface area contributed by atoms with Crippen molar-refractivity contribution in [2.24, 2.45) is 0 Å². The quantitative estimate of drug-likeness (QED) is 0.760. The lowest BCUT2D eigenvalue weighted by molar-refractivity contribution is 0.0608. The third kappa shape index (κ3) is 5.34. The highest BCUT2D eigenvalue weighted by Gasteiger charge is 2.21. The van der Waals surface area contributed by atoms with Crippen LogP contribution in [0.5, 0.6) is 0 Å². The van der Waals surface area contributed by atoms with Crippen LogP contribution in [0.2, 0.25) is 0 Å². The van der Waals surface area contributed by atoms with Gasteiger partial charge in [0, 0.05) is 26.2 Å². The normalized spacial score (nSPS) is 12.0. The molecule has 1 heterocycles. The SMILES string of the molecule is CCCNc1cccc(C(=O)N(CCOC)C(C)CC)n1. The van der Waals surface area contributed by atoms with Crippen molar-refractivity contribution in [1.29, 1.82) is 0 Å². The summed E-state index contributed by atoms with van der Waals surface area (Å²) in [5.74, 6) is 0.708. The summed E-state index contributed by atoms with van der Waals surface area (Å²) in [4.78, 5) is 18.9. The Morgan fingerprint density at radius 2 is 2.19 bits per heavy atom. The predicted molar refractivity (Wildman–Crippen MR) is 85.7 cm³/mol. The maximum atomic E-state index is 12.7. The number of nitrogens with zero attached hydrogens (tertiary/aromatic N) is 2. The maximum Gasteiger partial charge on any atom is 0.272 e. The molecule has 1 aromatic heterocycles. The van der Waals surface area contributed by atoms with E-state index in [0.29, 0.717) is 18.8 Å². The lowest BCUT2D eigenvalue weighted by Gasteiger charge is -2.28. The van der Waals surface area contributed by atoms with E-state index in [1.807, 2.05) is 24.0 Å². The molecule has 0 aromatic carbocycles. The summed E-state index contributed by atoms with van der Waals surface area (Å²) in [6, 6.07) is 5.68. The molecule has 0 aliphatic heterocycles. The van der Waals surface area contributed by atoms with Crippen LogP contribution in [0.1, 0.15) is 44.1 Å². The van der Waals surface area contributed by atoms with Gasteiger partial charge in [0.15, 0.2) is 0 Å². The number of nitrogens with one attached hydrogen (secondary N) is 1. The molecular formula is C16H27N3O2. The standard InChI is InChI=1S/C16H27N3O2/c1-5-10-17-15-9-7-8-14(18-15)16(20)19(11-12-21-4)13(3)6-2/h7-9,13H,5-6,10-12H2,1-4H3,(H,17,18). The molecule has 0 saturated heterocycles. The van der Waals surface area contributed by atoms with Crippen LogP contribution in [-0.2, 0) is 4.74 Å². The molecule has 118 valence electrons. The van der Waals surface area contributed by atoms with Crippen molar-refractivity contribution in [2.75, 3.05) is 32.1 Å². The van der Waals surface area contributed by atoms with Gasteiger partial charge in [-0.05, 0) is 31.9 Å². The molecular weight excluding hydrogens is 266 g/mol. The summed E-state index contributed by atoms with van der Waals surface area (Å²) >= 11 is 0. The highest BCUT2D eigenvalue weighted by molar-refractivity contribution is 5.92. The molecule has 1 aromatic rings. The molecule has 5 nitrogen and oxygen atoms in total. The molecule has 5 heteroatoms.